The first-order valence-corrected chi connectivity index (χ1v) is 7.56. The van der Waals surface area contributed by atoms with Gasteiger partial charge >= 0.3 is 6.18 Å². The summed E-state index contributed by atoms with van der Waals surface area (Å²) in [6.45, 7) is 1.15. The molecule has 1 aromatic rings. The fourth-order valence-corrected chi connectivity index (χ4v) is 3.07. The molecule has 0 saturated carbocycles. The number of hydrogen-bond acceptors (Lipinski definition) is 3. The summed E-state index contributed by atoms with van der Waals surface area (Å²) in [5, 5.41) is 20.0. The second-order valence-corrected chi connectivity index (χ2v) is 6.07. The second kappa shape index (κ2) is 7.17. The third-order valence-corrected chi connectivity index (χ3v) is 4.45. The van der Waals surface area contributed by atoms with Crippen LogP contribution >= 0.6 is 11.6 Å². The van der Waals surface area contributed by atoms with Gasteiger partial charge in [0.1, 0.15) is 0 Å². The molecule has 1 aliphatic rings. The van der Waals surface area contributed by atoms with Gasteiger partial charge in [0.05, 0.1) is 6.10 Å². The molecule has 0 aromatic heterocycles. The highest BCUT2D eigenvalue weighted by Gasteiger charge is 2.44. The van der Waals surface area contributed by atoms with Crippen molar-refractivity contribution in [2.24, 2.45) is 5.92 Å². The molecule has 3 nitrogen and oxygen atoms in total. The van der Waals surface area contributed by atoms with E-state index in [9.17, 15) is 23.4 Å². The SMILES string of the molecule is OC(CN1CCC(C(O)C(F)(F)F)CC1)c1ccccc1Cl. The van der Waals surface area contributed by atoms with Crippen molar-refractivity contribution in [3.05, 3.63) is 34.9 Å². The average Bonchev–Trinajstić information content (AvgIpc) is 2.46. The summed E-state index contributed by atoms with van der Waals surface area (Å²) in [6, 6.07) is 6.96. The van der Waals surface area contributed by atoms with Crippen molar-refractivity contribution in [1.29, 1.82) is 0 Å². The lowest BCUT2D eigenvalue weighted by molar-refractivity contribution is -0.223. The van der Waals surface area contributed by atoms with E-state index in [2.05, 4.69) is 0 Å². The minimum Gasteiger partial charge on any atom is -0.387 e. The van der Waals surface area contributed by atoms with Crippen LogP contribution in [0.4, 0.5) is 13.2 Å². The maximum absolute atomic E-state index is 12.5. The molecule has 0 spiro atoms. The van der Waals surface area contributed by atoms with Gasteiger partial charge in [-0.2, -0.15) is 13.2 Å². The zero-order valence-corrected chi connectivity index (χ0v) is 12.7. The van der Waals surface area contributed by atoms with Crippen LogP contribution in [0.1, 0.15) is 24.5 Å². The molecule has 0 bridgehead atoms. The Morgan fingerprint density at radius 2 is 1.77 bits per heavy atom. The third kappa shape index (κ3) is 4.35. The number of alkyl halides is 3. The first-order valence-electron chi connectivity index (χ1n) is 7.18. The molecule has 1 saturated heterocycles. The normalized spacial score (nSPS) is 20.8. The summed E-state index contributed by atoms with van der Waals surface area (Å²) >= 11 is 6.02. The lowest BCUT2D eigenvalue weighted by atomic mass is 9.90. The molecule has 22 heavy (non-hydrogen) atoms. The molecule has 0 radical (unpaired) electrons. The fourth-order valence-electron chi connectivity index (χ4n) is 2.81. The Morgan fingerprint density at radius 3 is 2.32 bits per heavy atom. The van der Waals surface area contributed by atoms with Gasteiger partial charge in [-0.15, -0.1) is 0 Å². The molecule has 7 heteroatoms. The Kier molecular flexibility index (Phi) is 5.71. The largest absolute Gasteiger partial charge is 0.414 e. The summed E-state index contributed by atoms with van der Waals surface area (Å²) in [6.07, 6.45) is -7.09. The number of nitrogens with zero attached hydrogens (tertiary/aromatic N) is 1. The van der Waals surface area contributed by atoms with Crippen LogP contribution in [0.3, 0.4) is 0 Å². The highest BCUT2D eigenvalue weighted by molar-refractivity contribution is 6.31. The molecule has 0 amide bonds. The van der Waals surface area contributed by atoms with Crippen LogP contribution in [-0.2, 0) is 0 Å². The number of aliphatic hydroxyl groups is 2. The molecule has 2 N–H and O–H groups in total. The van der Waals surface area contributed by atoms with E-state index < -0.39 is 24.3 Å². The fraction of sp³-hybridized carbons (Fsp3) is 0.600. The molecule has 1 aromatic carbocycles. The topological polar surface area (TPSA) is 43.7 Å². The molecule has 1 fully saturated rings. The van der Waals surface area contributed by atoms with Crippen LogP contribution in [0.2, 0.25) is 5.02 Å². The van der Waals surface area contributed by atoms with Gasteiger partial charge in [0.25, 0.3) is 0 Å². The first-order chi connectivity index (χ1) is 10.3. The number of piperidine rings is 1. The Bertz CT molecular complexity index is 490. The van der Waals surface area contributed by atoms with Gasteiger partial charge in [-0.3, -0.25) is 0 Å². The Morgan fingerprint density at radius 1 is 1.18 bits per heavy atom. The monoisotopic (exact) mass is 337 g/mol. The van der Waals surface area contributed by atoms with Crippen LogP contribution in [0, 0.1) is 5.92 Å². The molecule has 0 aliphatic carbocycles. The van der Waals surface area contributed by atoms with E-state index >= 15 is 0 Å². The van der Waals surface area contributed by atoms with Gasteiger partial charge in [0.15, 0.2) is 6.10 Å². The predicted molar refractivity (Wildman–Crippen MR) is 77.6 cm³/mol. The Balaban J connectivity index is 1.86. The van der Waals surface area contributed by atoms with Crippen molar-refractivity contribution in [3.8, 4) is 0 Å². The summed E-state index contributed by atoms with van der Waals surface area (Å²) < 4.78 is 37.5. The van der Waals surface area contributed by atoms with Crippen LogP contribution in [0.5, 0.6) is 0 Å². The first kappa shape index (κ1) is 17.5. The van der Waals surface area contributed by atoms with Crippen molar-refractivity contribution in [2.45, 2.75) is 31.2 Å². The maximum Gasteiger partial charge on any atom is 0.414 e. The number of halogens is 4. The van der Waals surface area contributed by atoms with Crippen LogP contribution in [0.25, 0.3) is 0 Å². The standard InChI is InChI=1S/C15H19ClF3NO2/c16-12-4-2-1-3-11(12)13(21)9-20-7-5-10(6-8-20)14(22)15(17,18)19/h1-4,10,13-14,21-22H,5-9H2. The number of likely N-dealkylation sites (tertiary alicyclic amines) is 1. The van der Waals surface area contributed by atoms with Gasteiger partial charge in [-0.05, 0) is 37.9 Å². The van der Waals surface area contributed by atoms with E-state index in [0.29, 0.717) is 30.2 Å². The van der Waals surface area contributed by atoms with E-state index in [1.54, 1.807) is 24.3 Å². The Hall–Kier alpha value is -0.820. The van der Waals surface area contributed by atoms with Crippen molar-refractivity contribution in [2.75, 3.05) is 19.6 Å². The zero-order chi connectivity index (χ0) is 16.3. The molecular weight excluding hydrogens is 319 g/mol. The van der Waals surface area contributed by atoms with Crippen molar-refractivity contribution in [1.82, 2.24) is 4.90 Å². The minimum atomic E-state index is -4.57. The van der Waals surface area contributed by atoms with Gasteiger partial charge in [-0.25, -0.2) is 0 Å². The molecule has 2 atom stereocenters. The number of aliphatic hydroxyl groups excluding tert-OH is 2. The number of β-amino-alcohol motifs (C(OH)–C–C–N with tert-alkyl or cyclic N) is 1. The van der Waals surface area contributed by atoms with Crippen LogP contribution < -0.4 is 0 Å². The van der Waals surface area contributed by atoms with Crippen molar-refractivity contribution >= 4 is 11.6 Å². The summed E-state index contributed by atoms with van der Waals surface area (Å²) in [5.41, 5.74) is 0.613. The smallest absolute Gasteiger partial charge is 0.387 e. The molecule has 1 aliphatic heterocycles. The van der Waals surface area contributed by atoms with E-state index in [4.69, 9.17) is 11.6 Å². The van der Waals surface area contributed by atoms with Crippen molar-refractivity contribution in [3.63, 3.8) is 0 Å². The Labute approximate surface area is 132 Å². The lowest BCUT2D eigenvalue weighted by Gasteiger charge is -2.35. The highest BCUT2D eigenvalue weighted by atomic mass is 35.5. The second-order valence-electron chi connectivity index (χ2n) is 5.66. The van der Waals surface area contributed by atoms with Gasteiger partial charge in [0.2, 0.25) is 0 Å². The maximum atomic E-state index is 12.5. The minimum absolute atomic E-state index is 0.260. The quantitative estimate of drug-likeness (QED) is 0.887. The van der Waals surface area contributed by atoms with E-state index in [0.717, 1.165) is 0 Å². The molecular formula is C15H19ClF3NO2. The van der Waals surface area contributed by atoms with Crippen molar-refractivity contribution < 1.29 is 23.4 Å². The third-order valence-electron chi connectivity index (χ3n) is 4.11. The van der Waals surface area contributed by atoms with Gasteiger partial charge in [-0.1, -0.05) is 29.8 Å². The van der Waals surface area contributed by atoms with Crippen LogP contribution in [0.15, 0.2) is 24.3 Å². The van der Waals surface area contributed by atoms with Gasteiger partial charge < -0.3 is 15.1 Å². The van der Waals surface area contributed by atoms with E-state index in [1.165, 1.54) is 0 Å². The predicted octanol–water partition coefficient (Wildman–Crippen LogP) is 3.01. The van der Waals surface area contributed by atoms with E-state index in [1.807, 2.05) is 4.90 Å². The van der Waals surface area contributed by atoms with E-state index in [-0.39, 0.29) is 12.8 Å². The summed E-state index contributed by atoms with van der Waals surface area (Å²) in [5.74, 6) is -0.770. The highest BCUT2D eigenvalue weighted by Crippen LogP contribution is 2.32. The zero-order valence-electron chi connectivity index (χ0n) is 11.9. The summed E-state index contributed by atoms with van der Waals surface area (Å²) in [4.78, 5) is 1.90. The molecule has 124 valence electrons. The molecule has 2 unspecified atom stereocenters. The summed E-state index contributed by atoms with van der Waals surface area (Å²) in [7, 11) is 0. The number of rotatable bonds is 4. The number of hydrogen-bond donors (Lipinski definition) is 2. The molecule has 2 rings (SSSR count). The van der Waals surface area contributed by atoms with Crippen LogP contribution in [-0.4, -0.2) is 47.0 Å². The average molecular weight is 338 g/mol. The lowest BCUT2D eigenvalue weighted by Crippen LogP contribution is -2.44. The number of benzene rings is 1. The molecule has 1 heterocycles. The van der Waals surface area contributed by atoms with Gasteiger partial charge in [0, 0.05) is 17.1 Å².